The zero-order valence-corrected chi connectivity index (χ0v) is 14.1. The molecular weight excluding hydrogens is 318 g/mol. The van der Waals surface area contributed by atoms with Gasteiger partial charge in [-0.3, -0.25) is 24.5 Å². The Morgan fingerprint density at radius 1 is 0.960 bits per heavy atom. The second-order valence-corrected chi connectivity index (χ2v) is 5.67. The van der Waals surface area contributed by atoms with Crippen molar-refractivity contribution >= 4 is 11.8 Å². The molecule has 132 valence electrons. The van der Waals surface area contributed by atoms with Crippen molar-refractivity contribution in [1.82, 2.24) is 20.2 Å². The number of nitrogens with zero attached hydrogens (tertiary/aromatic N) is 3. The Bertz CT molecular complexity index is 622. The van der Waals surface area contributed by atoms with E-state index in [4.69, 9.17) is 5.73 Å². The lowest BCUT2D eigenvalue weighted by Gasteiger charge is -2.21. The van der Waals surface area contributed by atoms with Crippen LogP contribution in [0.15, 0.2) is 48.8 Å². The van der Waals surface area contributed by atoms with E-state index < -0.39 is 5.91 Å². The zero-order valence-electron chi connectivity index (χ0n) is 14.1. The van der Waals surface area contributed by atoms with Crippen molar-refractivity contribution in [2.24, 2.45) is 5.73 Å². The molecule has 0 aliphatic carbocycles. The summed E-state index contributed by atoms with van der Waals surface area (Å²) in [6.45, 7) is 2.45. The van der Waals surface area contributed by atoms with E-state index in [2.05, 4.69) is 20.2 Å². The number of rotatable bonds is 10. The number of aromatic nitrogens is 2. The molecule has 2 rings (SSSR count). The number of nitrogens with two attached hydrogens (primary N) is 1. The second-order valence-electron chi connectivity index (χ2n) is 5.67. The van der Waals surface area contributed by atoms with Gasteiger partial charge in [-0.25, -0.2) is 0 Å². The van der Waals surface area contributed by atoms with Gasteiger partial charge in [0.05, 0.1) is 11.4 Å². The normalized spacial score (nSPS) is 10.6. The van der Waals surface area contributed by atoms with Gasteiger partial charge in [-0.2, -0.15) is 0 Å². The van der Waals surface area contributed by atoms with Crippen LogP contribution >= 0.6 is 0 Å². The Hall–Kier alpha value is -2.80. The summed E-state index contributed by atoms with van der Waals surface area (Å²) in [5.41, 5.74) is 6.96. The fraction of sp³-hybridized carbons (Fsp3) is 0.333. The average Bonchev–Trinajstić information content (AvgIpc) is 2.61. The molecule has 0 radical (unpaired) electrons. The summed E-state index contributed by atoms with van der Waals surface area (Å²) in [6.07, 6.45) is 3.72. The van der Waals surface area contributed by atoms with Crippen LogP contribution in [0.25, 0.3) is 0 Å². The van der Waals surface area contributed by atoms with Crippen LogP contribution in [0.3, 0.4) is 0 Å². The minimum Gasteiger partial charge on any atom is -0.370 e. The quantitative estimate of drug-likeness (QED) is 0.667. The molecule has 0 saturated heterocycles. The molecular formula is C18H23N5O2. The number of primary amides is 1. The number of hydrogen-bond donors (Lipinski definition) is 2. The first-order chi connectivity index (χ1) is 12.1. The molecule has 0 unspecified atom stereocenters. The van der Waals surface area contributed by atoms with Crippen LogP contribution in [0.4, 0.5) is 0 Å². The Morgan fingerprint density at radius 2 is 1.56 bits per heavy atom. The van der Waals surface area contributed by atoms with Crippen LogP contribution < -0.4 is 11.1 Å². The minimum absolute atomic E-state index is 0.0669. The van der Waals surface area contributed by atoms with E-state index >= 15 is 0 Å². The maximum atomic E-state index is 11.7. The third-order valence-electron chi connectivity index (χ3n) is 3.57. The van der Waals surface area contributed by atoms with Gasteiger partial charge < -0.3 is 11.1 Å². The van der Waals surface area contributed by atoms with E-state index in [1.807, 2.05) is 36.4 Å². The maximum absolute atomic E-state index is 11.7. The van der Waals surface area contributed by atoms with Crippen molar-refractivity contribution in [2.45, 2.75) is 25.9 Å². The van der Waals surface area contributed by atoms with Crippen molar-refractivity contribution in [2.75, 3.05) is 13.1 Å². The van der Waals surface area contributed by atoms with Crippen molar-refractivity contribution < 1.29 is 9.59 Å². The smallest absolute Gasteiger partial charge is 0.220 e. The van der Waals surface area contributed by atoms with Crippen LogP contribution in [0.2, 0.25) is 0 Å². The van der Waals surface area contributed by atoms with E-state index in [1.165, 1.54) is 0 Å². The molecule has 2 aromatic rings. The predicted octanol–water partition coefficient (Wildman–Crippen LogP) is 0.861. The second kappa shape index (κ2) is 10.1. The fourth-order valence-corrected chi connectivity index (χ4v) is 2.33. The minimum atomic E-state index is -0.470. The number of nitrogens with one attached hydrogen (secondary N) is 1. The van der Waals surface area contributed by atoms with Crippen LogP contribution in [0, 0.1) is 0 Å². The molecule has 2 heterocycles. The fourth-order valence-electron chi connectivity index (χ4n) is 2.33. The third kappa shape index (κ3) is 7.54. The first-order valence-electron chi connectivity index (χ1n) is 8.20. The summed E-state index contributed by atoms with van der Waals surface area (Å²) in [5.74, 6) is -0.642. The van der Waals surface area contributed by atoms with Gasteiger partial charge in [0, 0.05) is 51.4 Å². The first-order valence-corrected chi connectivity index (χ1v) is 8.20. The molecule has 0 aromatic carbocycles. The predicted molar refractivity (Wildman–Crippen MR) is 94.0 cm³/mol. The Kier molecular flexibility index (Phi) is 7.52. The molecule has 2 aromatic heterocycles. The summed E-state index contributed by atoms with van der Waals surface area (Å²) < 4.78 is 0. The van der Waals surface area contributed by atoms with Crippen molar-refractivity contribution in [3.8, 4) is 0 Å². The number of carbonyl (C=O) groups is 2. The van der Waals surface area contributed by atoms with E-state index in [0.29, 0.717) is 26.2 Å². The summed E-state index contributed by atoms with van der Waals surface area (Å²) in [7, 11) is 0. The average molecular weight is 341 g/mol. The van der Waals surface area contributed by atoms with Gasteiger partial charge in [0.15, 0.2) is 0 Å². The van der Waals surface area contributed by atoms with Gasteiger partial charge in [0.2, 0.25) is 11.8 Å². The van der Waals surface area contributed by atoms with Crippen molar-refractivity contribution in [1.29, 1.82) is 0 Å². The molecule has 0 bridgehead atoms. The molecule has 0 aliphatic rings. The largest absolute Gasteiger partial charge is 0.370 e. The highest BCUT2D eigenvalue weighted by Crippen LogP contribution is 2.06. The first kappa shape index (κ1) is 18.5. The highest BCUT2D eigenvalue weighted by Gasteiger charge is 2.10. The lowest BCUT2D eigenvalue weighted by Crippen LogP contribution is -2.35. The topological polar surface area (TPSA) is 101 Å². The molecule has 0 spiro atoms. The van der Waals surface area contributed by atoms with Gasteiger partial charge in [-0.05, 0) is 24.3 Å². The molecule has 2 amide bonds. The highest BCUT2D eigenvalue weighted by molar-refractivity contribution is 5.82. The van der Waals surface area contributed by atoms with Gasteiger partial charge >= 0.3 is 0 Å². The summed E-state index contributed by atoms with van der Waals surface area (Å²) in [4.78, 5) is 33.3. The number of pyridine rings is 2. The van der Waals surface area contributed by atoms with Gasteiger partial charge in [-0.1, -0.05) is 12.1 Å². The Balaban J connectivity index is 1.87. The van der Waals surface area contributed by atoms with Crippen molar-refractivity contribution in [3.63, 3.8) is 0 Å². The van der Waals surface area contributed by atoms with Gasteiger partial charge in [-0.15, -0.1) is 0 Å². The monoisotopic (exact) mass is 341 g/mol. The summed E-state index contributed by atoms with van der Waals surface area (Å²) in [5, 5.41) is 2.81. The lowest BCUT2D eigenvalue weighted by atomic mass is 10.2. The van der Waals surface area contributed by atoms with Crippen LogP contribution in [0.1, 0.15) is 24.2 Å². The van der Waals surface area contributed by atoms with Gasteiger partial charge in [0.25, 0.3) is 0 Å². The van der Waals surface area contributed by atoms with E-state index in [0.717, 1.165) is 11.4 Å². The van der Waals surface area contributed by atoms with E-state index in [9.17, 15) is 9.59 Å². The molecule has 0 saturated carbocycles. The van der Waals surface area contributed by atoms with Crippen LogP contribution in [-0.2, 0) is 22.7 Å². The molecule has 7 nitrogen and oxygen atoms in total. The molecule has 7 heteroatoms. The Labute approximate surface area is 147 Å². The molecule has 3 N–H and O–H groups in total. The van der Waals surface area contributed by atoms with Gasteiger partial charge in [0.1, 0.15) is 0 Å². The zero-order chi connectivity index (χ0) is 17.9. The summed E-state index contributed by atoms with van der Waals surface area (Å²) in [6, 6.07) is 11.6. The number of carbonyl (C=O) groups excluding carboxylic acids is 2. The van der Waals surface area contributed by atoms with E-state index in [1.54, 1.807) is 12.4 Å². The molecule has 25 heavy (non-hydrogen) atoms. The molecule has 0 fully saturated rings. The number of hydrogen-bond acceptors (Lipinski definition) is 5. The lowest BCUT2D eigenvalue weighted by molar-refractivity contribution is -0.125. The molecule has 0 aliphatic heterocycles. The standard InChI is InChI=1S/C18H23N5O2/c19-17(24)7-8-18(25)22-11-12-23(13-15-5-1-3-9-20-15)14-16-6-2-4-10-21-16/h1-6,9-10H,7-8,11-14H2,(H2,19,24)(H,22,25). The third-order valence-corrected chi connectivity index (χ3v) is 3.57. The number of amides is 2. The highest BCUT2D eigenvalue weighted by atomic mass is 16.2. The van der Waals surface area contributed by atoms with Crippen molar-refractivity contribution in [3.05, 3.63) is 60.2 Å². The summed E-state index contributed by atoms with van der Waals surface area (Å²) >= 11 is 0. The van der Waals surface area contributed by atoms with Crippen LogP contribution in [-0.4, -0.2) is 39.8 Å². The SMILES string of the molecule is NC(=O)CCC(=O)NCCN(Cc1ccccn1)Cc1ccccn1. The molecule has 0 atom stereocenters. The van der Waals surface area contributed by atoms with Crippen LogP contribution in [0.5, 0.6) is 0 Å². The maximum Gasteiger partial charge on any atom is 0.220 e. The van der Waals surface area contributed by atoms with E-state index in [-0.39, 0.29) is 18.7 Å². The Morgan fingerprint density at radius 3 is 2.04 bits per heavy atom.